The number of hydrogen-bond acceptors (Lipinski definition) is 7. The van der Waals surface area contributed by atoms with Gasteiger partial charge in [-0.15, -0.1) is 11.3 Å². The van der Waals surface area contributed by atoms with Crippen molar-refractivity contribution in [2.45, 2.75) is 45.6 Å². The average Bonchev–Trinajstić information content (AvgIpc) is 3.34. The number of halogens is 1. The summed E-state index contributed by atoms with van der Waals surface area (Å²) in [5, 5.41) is 4.76. The zero-order chi connectivity index (χ0) is 30.1. The van der Waals surface area contributed by atoms with Crippen LogP contribution in [0.2, 0.25) is 5.02 Å². The van der Waals surface area contributed by atoms with Crippen LogP contribution in [0.5, 0.6) is 0 Å². The second kappa shape index (κ2) is 12.1. The summed E-state index contributed by atoms with van der Waals surface area (Å²) in [6.07, 6.45) is 1.47. The van der Waals surface area contributed by atoms with E-state index in [2.05, 4.69) is 12.2 Å². The van der Waals surface area contributed by atoms with Crippen LogP contribution in [-0.2, 0) is 34.2 Å². The van der Waals surface area contributed by atoms with Gasteiger partial charge in [-0.1, -0.05) is 55.8 Å². The van der Waals surface area contributed by atoms with Crippen LogP contribution in [0, 0.1) is 5.92 Å². The summed E-state index contributed by atoms with van der Waals surface area (Å²) in [6.45, 7) is 3.88. The topological polar surface area (TPSA) is 104 Å². The highest BCUT2D eigenvalue weighted by atomic mass is 35.5. The minimum absolute atomic E-state index is 0.0168. The van der Waals surface area contributed by atoms with Crippen LogP contribution in [0.1, 0.15) is 58.0 Å². The van der Waals surface area contributed by atoms with Crippen molar-refractivity contribution >= 4 is 56.6 Å². The lowest BCUT2D eigenvalue weighted by atomic mass is 9.88. The van der Waals surface area contributed by atoms with Crippen LogP contribution in [0.3, 0.4) is 0 Å². The highest BCUT2D eigenvalue weighted by Crippen LogP contribution is 2.40. The molecule has 0 saturated carbocycles. The first-order valence-electron chi connectivity index (χ1n) is 13.8. The molecule has 8 nitrogen and oxygen atoms in total. The number of nitrogens with one attached hydrogen (secondary N) is 1. The molecule has 2 atom stereocenters. The van der Waals surface area contributed by atoms with Crippen LogP contribution in [-0.4, -0.2) is 35.6 Å². The molecule has 1 amide bonds. The van der Waals surface area contributed by atoms with Crippen molar-refractivity contribution in [2.75, 3.05) is 12.4 Å². The second-order valence-corrected chi connectivity index (χ2v) is 12.0. The number of hydrogen-bond donors (Lipinski definition) is 1. The molecule has 1 aliphatic rings. The molecule has 5 rings (SSSR count). The number of fused-ring (bicyclic) bond motifs is 2. The van der Waals surface area contributed by atoms with E-state index in [1.165, 1.54) is 30.1 Å². The Labute approximate surface area is 252 Å². The smallest absolute Gasteiger partial charge is 0.356 e. The van der Waals surface area contributed by atoms with E-state index in [0.29, 0.717) is 43.4 Å². The van der Waals surface area contributed by atoms with Gasteiger partial charge in [-0.25, -0.2) is 9.59 Å². The number of esters is 2. The van der Waals surface area contributed by atoms with Crippen molar-refractivity contribution in [3.8, 4) is 11.1 Å². The SMILES string of the molecule is CCC(OC(=O)c1c(-c2ccc(Cl)cc2)c2ccccc2c(=O)n1C)C(=O)Nc1sc2c(c1C(=O)OC)CCC(C)C2. The van der Waals surface area contributed by atoms with Crippen molar-refractivity contribution in [1.82, 2.24) is 4.57 Å². The maximum absolute atomic E-state index is 13.8. The number of benzene rings is 2. The number of amides is 1. The molecule has 0 radical (unpaired) electrons. The third-order valence-corrected chi connectivity index (χ3v) is 9.10. The van der Waals surface area contributed by atoms with E-state index in [-0.39, 0.29) is 17.7 Å². The number of carbonyl (C=O) groups is 3. The zero-order valence-corrected chi connectivity index (χ0v) is 25.4. The van der Waals surface area contributed by atoms with E-state index < -0.39 is 23.9 Å². The minimum atomic E-state index is -1.18. The van der Waals surface area contributed by atoms with Crippen molar-refractivity contribution in [2.24, 2.45) is 13.0 Å². The molecule has 42 heavy (non-hydrogen) atoms. The van der Waals surface area contributed by atoms with E-state index in [9.17, 15) is 19.2 Å². The quantitative estimate of drug-likeness (QED) is 0.244. The first-order valence-corrected chi connectivity index (χ1v) is 15.0. The van der Waals surface area contributed by atoms with Gasteiger partial charge in [0, 0.05) is 27.9 Å². The number of thiophene rings is 1. The fourth-order valence-electron chi connectivity index (χ4n) is 5.47. The molecule has 0 aliphatic heterocycles. The van der Waals surface area contributed by atoms with Gasteiger partial charge in [-0.3, -0.25) is 9.59 Å². The minimum Gasteiger partial charge on any atom is -0.465 e. The number of pyridine rings is 1. The molecule has 10 heteroatoms. The highest BCUT2D eigenvalue weighted by molar-refractivity contribution is 7.17. The lowest BCUT2D eigenvalue weighted by molar-refractivity contribution is -0.124. The van der Waals surface area contributed by atoms with Crippen LogP contribution >= 0.6 is 22.9 Å². The molecule has 2 unspecified atom stereocenters. The molecule has 0 spiro atoms. The maximum Gasteiger partial charge on any atom is 0.356 e. The predicted molar refractivity (Wildman–Crippen MR) is 165 cm³/mol. The Hall–Kier alpha value is -3.95. The number of anilines is 1. The maximum atomic E-state index is 13.8. The lowest BCUT2D eigenvalue weighted by Crippen LogP contribution is -2.34. The second-order valence-electron chi connectivity index (χ2n) is 10.5. The first kappa shape index (κ1) is 29.5. The summed E-state index contributed by atoms with van der Waals surface area (Å²) in [5.74, 6) is -1.43. The highest BCUT2D eigenvalue weighted by Gasteiger charge is 2.32. The van der Waals surface area contributed by atoms with E-state index in [0.717, 1.165) is 29.7 Å². The number of ether oxygens (including phenoxy) is 2. The molecule has 4 aromatic rings. The third kappa shape index (κ3) is 5.46. The molecule has 2 aromatic carbocycles. The molecule has 218 valence electrons. The Balaban J connectivity index is 1.51. The summed E-state index contributed by atoms with van der Waals surface area (Å²) in [5.41, 5.74) is 2.08. The number of methoxy groups -OCH3 is 1. The van der Waals surface area contributed by atoms with Gasteiger partial charge < -0.3 is 19.4 Å². The molecule has 2 heterocycles. The Kier molecular flexibility index (Phi) is 8.52. The van der Waals surface area contributed by atoms with Crippen LogP contribution in [0.15, 0.2) is 53.3 Å². The van der Waals surface area contributed by atoms with Gasteiger partial charge >= 0.3 is 11.9 Å². The number of carbonyl (C=O) groups excluding carboxylic acids is 3. The summed E-state index contributed by atoms with van der Waals surface area (Å²) in [4.78, 5) is 54.3. The zero-order valence-electron chi connectivity index (χ0n) is 23.8. The van der Waals surface area contributed by atoms with Crippen molar-refractivity contribution in [3.63, 3.8) is 0 Å². The predicted octanol–water partition coefficient (Wildman–Crippen LogP) is 6.41. The molecule has 2 aromatic heterocycles. The molecule has 1 N–H and O–H groups in total. The molecule has 1 aliphatic carbocycles. The standard InChI is InChI=1S/C32H31ClN2O6S/c1-5-23(28(36)34-29-26(31(38)40-4)22-15-10-17(2)16-24(22)42-29)41-32(39)27-25(18-11-13-19(33)14-12-18)20-8-6-7-9-21(20)30(37)35(27)3/h6-9,11-14,17,23H,5,10,15-16H2,1-4H3,(H,34,36). The summed E-state index contributed by atoms with van der Waals surface area (Å²) in [6, 6.07) is 14.0. The molecular formula is C32H31ClN2O6S. The third-order valence-electron chi connectivity index (χ3n) is 7.68. The largest absolute Gasteiger partial charge is 0.465 e. The Morgan fingerprint density at radius 2 is 1.79 bits per heavy atom. The Bertz CT molecular complexity index is 1760. The Morgan fingerprint density at radius 1 is 1.10 bits per heavy atom. The van der Waals surface area contributed by atoms with Gasteiger partial charge in [0.15, 0.2) is 6.10 Å². The summed E-state index contributed by atoms with van der Waals surface area (Å²) < 4.78 is 12.1. The van der Waals surface area contributed by atoms with Gasteiger partial charge in [-0.2, -0.15) is 0 Å². The molecular weight excluding hydrogens is 576 g/mol. The number of nitrogens with zero attached hydrogens (tertiary/aromatic N) is 1. The van der Waals surface area contributed by atoms with E-state index >= 15 is 0 Å². The van der Waals surface area contributed by atoms with Gasteiger partial charge in [0.25, 0.3) is 11.5 Å². The van der Waals surface area contributed by atoms with Crippen molar-refractivity contribution in [3.05, 3.63) is 85.6 Å². The summed E-state index contributed by atoms with van der Waals surface area (Å²) >= 11 is 7.48. The monoisotopic (exact) mass is 606 g/mol. The van der Waals surface area contributed by atoms with Gasteiger partial charge in [0.05, 0.1) is 12.7 Å². The van der Waals surface area contributed by atoms with Gasteiger partial charge in [0.1, 0.15) is 10.7 Å². The summed E-state index contributed by atoms with van der Waals surface area (Å²) in [7, 11) is 2.82. The van der Waals surface area contributed by atoms with E-state index in [1.54, 1.807) is 55.5 Å². The van der Waals surface area contributed by atoms with Gasteiger partial charge in [-0.05, 0) is 66.3 Å². The van der Waals surface area contributed by atoms with Crippen LogP contribution in [0.4, 0.5) is 5.00 Å². The van der Waals surface area contributed by atoms with Crippen LogP contribution in [0.25, 0.3) is 21.9 Å². The van der Waals surface area contributed by atoms with Crippen LogP contribution < -0.4 is 10.9 Å². The van der Waals surface area contributed by atoms with E-state index in [4.69, 9.17) is 21.1 Å². The number of rotatable bonds is 7. The first-order chi connectivity index (χ1) is 20.1. The average molecular weight is 607 g/mol. The van der Waals surface area contributed by atoms with Crippen molar-refractivity contribution < 1.29 is 23.9 Å². The van der Waals surface area contributed by atoms with Crippen molar-refractivity contribution in [1.29, 1.82) is 0 Å². The fourth-order valence-corrected chi connectivity index (χ4v) is 7.00. The molecule has 0 fully saturated rings. The number of aromatic nitrogens is 1. The molecule has 0 saturated heterocycles. The van der Waals surface area contributed by atoms with E-state index in [1.807, 2.05) is 0 Å². The Morgan fingerprint density at radius 3 is 2.45 bits per heavy atom. The lowest BCUT2D eigenvalue weighted by Gasteiger charge is -2.20. The van der Waals surface area contributed by atoms with Gasteiger partial charge in [0.2, 0.25) is 0 Å². The fraction of sp³-hybridized carbons (Fsp3) is 0.312. The normalized spacial score (nSPS) is 15.1. The molecule has 0 bridgehead atoms.